The van der Waals surface area contributed by atoms with Crippen molar-refractivity contribution in [1.82, 2.24) is 4.90 Å². The Morgan fingerprint density at radius 2 is 1.79 bits per heavy atom. The average Bonchev–Trinajstić information content (AvgIpc) is 2.59. The number of ether oxygens (including phenoxy) is 1. The molecule has 2 amide bonds. The first-order valence-corrected chi connectivity index (χ1v) is 7.91. The first-order valence-electron chi connectivity index (χ1n) is 7.91. The van der Waals surface area contributed by atoms with E-state index in [1.165, 1.54) is 4.90 Å². The van der Waals surface area contributed by atoms with Crippen LogP contribution in [0, 0.1) is 0 Å². The lowest BCUT2D eigenvalue weighted by molar-refractivity contribution is -0.132. The Bertz CT molecular complexity index is 745. The molecule has 1 aliphatic rings. The Labute approximate surface area is 141 Å². The highest BCUT2D eigenvalue weighted by Crippen LogP contribution is 2.33. The van der Waals surface area contributed by atoms with Crippen LogP contribution in [-0.2, 0) is 16.1 Å². The van der Waals surface area contributed by atoms with Crippen LogP contribution in [0.15, 0.2) is 54.6 Å². The molecule has 5 heteroatoms. The van der Waals surface area contributed by atoms with Crippen molar-refractivity contribution < 1.29 is 14.3 Å². The average molecular weight is 324 g/mol. The number of likely N-dealkylation sites (N-methyl/N-ethyl adjacent to an activating group) is 1. The van der Waals surface area contributed by atoms with Crippen molar-refractivity contribution in [3.8, 4) is 5.75 Å². The van der Waals surface area contributed by atoms with Crippen LogP contribution in [0.4, 0.5) is 5.69 Å². The molecular weight excluding hydrogens is 304 g/mol. The van der Waals surface area contributed by atoms with Crippen LogP contribution in [0.3, 0.4) is 0 Å². The zero-order valence-corrected chi connectivity index (χ0v) is 13.8. The first-order chi connectivity index (χ1) is 11.6. The Balaban J connectivity index is 1.74. The third kappa shape index (κ3) is 3.25. The number of carbonyl (C=O) groups is 2. The molecule has 1 atom stereocenters. The van der Waals surface area contributed by atoms with Crippen molar-refractivity contribution in [3.05, 3.63) is 60.2 Å². The van der Waals surface area contributed by atoms with E-state index in [-0.39, 0.29) is 18.4 Å². The summed E-state index contributed by atoms with van der Waals surface area (Å²) >= 11 is 0. The maximum atomic E-state index is 12.6. The van der Waals surface area contributed by atoms with Gasteiger partial charge in [-0.1, -0.05) is 42.5 Å². The first kappa shape index (κ1) is 16.1. The van der Waals surface area contributed by atoms with Crippen molar-refractivity contribution in [3.63, 3.8) is 0 Å². The number of hydrogen-bond donors (Lipinski definition) is 0. The maximum Gasteiger partial charge on any atom is 0.268 e. The minimum atomic E-state index is -0.591. The Morgan fingerprint density at radius 1 is 1.12 bits per heavy atom. The molecule has 5 nitrogen and oxygen atoms in total. The van der Waals surface area contributed by atoms with E-state index < -0.39 is 6.10 Å². The van der Waals surface area contributed by atoms with Gasteiger partial charge in [-0.3, -0.25) is 14.5 Å². The second-order valence-corrected chi connectivity index (χ2v) is 5.89. The molecule has 0 aliphatic carbocycles. The Hall–Kier alpha value is -2.82. The zero-order chi connectivity index (χ0) is 17.1. The van der Waals surface area contributed by atoms with Crippen LogP contribution in [0.2, 0.25) is 0 Å². The third-order valence-corrected chi connectivity index (χ3v) is 4.06. The predicted molar refractivity (Wildman–Crippen MR) is 91.8 cm³/mol. The molecule has 2 aromatic rings. The molecular formula is C19H20N2O3. The quantitative estimate of drug-likeness (QED) is 0.868. The van der Waals surface area contributed by atoms with E-state index >= 15 is 0 Å². The number of anilines is 1. The maximum absolute atomic E-state index is 12.6. The van der Waals surface area contributed by atoms with Crippen molar-refractivity contribution in [2.45, 2.75) is 19.6 Å². The standard InChI is InChI=1S/C19H20N2O3/c1-14-19(23)21(16-10-6-7-11-17(16)24-14)13-18(22)20(2)12-15-8-4-3-5-9-15/h3-11,14H,12-13H2,1-2H3. The number of para-hydroxylation sites is 2. The van der Waals surface area contributed by atoms with Gasteiger partial charge >= 0.3 is 0 Å². The van der Waals surface area contributed by atoms with Gasteiger partial charge in [0, 0.05) is 13.6 Å². The fraction of sp³-hybridized carbons (Fsp3) is 0.263. The molecule has 3 rings (SSSR count). The number of carbonyl (C=O) groups excluding carboxylic acids is 2. The summed E-state index contributed by atoms with van der Waals surface area (Å²) in [7, 11) is 1.75. The van der Waals surface area contributed by atoms with E-state index in [1.54, 1.807) is 24.9 Å². The minimum Gasteiger partial charge on any atom is -0.479 e. The number of fused-ring (bicyclic) bond motifs is 1. The van der Waals surface area contributed by atoms with E-state index in [2.05, 4.69) is 0 Å². The van der Waals surface area contributed by atoms with Gasteiger partial charge in [0.1, 0.15) is 12.3 Å². The molecule has 0 radical (unpaired) electrons. The van der Waals surface area contributed by atoms with Crippen molar-refractivity contribution >= 4 is 17.5 Å². The number of rotatable bonds is 4. The molecule has 1 heterocycles. The van der Waals surface area contributed by atoms with Gasteiger partial charge < -0.3 is 9.64 Å². The molecule has 0 N–H and O–H groups in total. The molecule has 1 aliphatic heterocycles. The highest BCUT2D eigenvalue weighted by molar-refractivity contribution is 6.03. The predicted octanol–water partition coefficient (Wildman–Crippen LogP) is 2.46. The summed E-state index contributed by atoms with van der Waals surface area (Å²) in [5, 5.41) is 0. The van der Waals surface area contributed by atoms with Gasteiger partial charge in [-0.25, -0.2) is 0 Å². The van der Waals surface area contributed by atoms with Crippen molar-refractivity contribution in [2.75, 3.05) is 18.5 Å². The fourth-order valence-corrected chi connectivity index (χ4v) is 2.72. The third-order valence-electron chi connectivity index (χ3n) is 4.06. The highest BCUT2D eigenvalue weighted by Gasteiger charge is 2.32. The molecule has 0 fully saturated rings. The van der Waals surface area contributed by atoms with Gasteiger partial charge in [0.2, 0.25) is 5.91 Å². The van der Waals surface area contributed by atoms with E-state index in [9.17, 15) is 9.59 Å². The van der Waals surface area contributed by atoms with Gasteiger partial charge in [0.05, 0.1) is 5.69 Å². The molecule has 0 bridgehead atoms. The lowest BCUT2D eigenvalue weighted by atomic mass is 10.2. The van der Waals surface area contributed by atoms with Crippen LogP contribution in [0.25, 0.3) is 0 Å². The number of hydrogen-bond acceptors (Lipinski definition) is 3. The van der Waals surface area contributed by atoms with Crippen LogP contribution >= 0.6 is 0 Å². The lowest BCUT2D eigenvalue weighted by Gasteiger charge is -2.33. The topological polar surface area (TPSA) is 49.9 Å². The molecule has 24 heavy (non-hydrogen) atoms. The summed E-state index contributed by atoms with van der Waals surface area (Å²) in [6.45, 7) is 2.21. The van der Waals surface area contributed by atoms with Crippen molar-refractivity contribution in [1.29, 1.82) is 0 Å². The van der Waals surface area contributed by atoms with Gasteiger partial charge in [-0.2, -0.15) is 0 Å². The second-order valence-electron chi connectivity index (χ2n) is 5.89. The SMILES string of the molecule is CC1Oc2ccccc2N(CC(=O)N(C)Cc2ccccc2)C1=O. The van der Waals surface area contributed by atoms with Crippen LogP contribution < -0.4 is 9.64 Å². The largest absolute Gasteiger partial charge is 0.479 e. The number of amides is 2. The molecule has 2 aromatic carbocycles. The number of nitrogens with zero attached hydrogens (tertiary/aromatic N) is 2. The lowest BCUT2D eigenvalue weighted by Crippen LogP contribution is -2.48. The van der Waals surface area contributed by atoms with E-state index in [4.69, 9.17) is 4.74 Å². The smallest absolute Gasteiger partial charge is 0.268 e. The Kier molecular flexibility index (Phi) is 4.51. The summed E-state index contributed by atoms with van der Waals surface area (Å²) in [5.41, 5.74) is 1.69. The van der Waals surface area contributed by atoms with Gasteiger partial charge in [-0.15, -0.1) is 0 Å². The molecule has 0 saturated heterocycles. The minimum absolute atomic E-state index is 0.00683. The summed E-state index contributed by atoms with van der Waals surface area (Å²) < 4.78 is 5.60. The van der Waals surface area contributed by atoms with E-state index in [0.29, 0.717) is 18.0 Å². The van der Waals surface area contributed by atoms with Crippen LogP contribution in [0.1, 0.15) is 12.5 Å². The molecule has 0 aromatic heterocycles. The molecule has 0 spiro atoms. The Morgan fingerprint density at radius 3 is 2.54 bits per heavy atom. The van der Waals surface area contributed by atoms with Crippen LogP contribution in [-0.4, -0.2) is 36.4 Å². The molecule has 0 saturated carbocycles. The fourth-order valence-electron chi connectivity index (χ4n) is 2.72. The number of benzene rings is 2. The van der Waals surface area contributed by atoms with Gasteiger partial charge in [-0.05, 0) is 24.6 Å². The van der Waals surface area contributed by atoms with E-state index in [0.717, 1.165) is 5.56 Å². The van der Waals surface area contributed by atoms with Crippen molar-refractivity contribution in [2.24, 2.45) is 0 Å². The molecule has 124 valence electrons. The summed E-state index contributed by atoms with van der Waals surface area (Å²) in [5.74, 6) is 0.314. The summed E-state index contributed by atoms with van der Waals surface area (Å²) in [6.07, 6.45) is -0.591. The monoisotopic (exact) mass is 324 g/mol. The highest BCUT2D eigenvalue weighted by atomic mass is 16.5. The van der Waals surface area contributed by atoms with Crippen LogP contribution in [0.5, 0.6) is 5.75 Å². The summed E-state index contributed by atoms with van der Waals surface area (Å²) in [6, 6.07) is 17.1. The van der Waals surface area contributed by atoms with E-state index in [1.807, 2.05) is 48.5 Å². The summed E-state index contributed by atoms with van der Waals surface area (Å²) in [4.78, 5) is 28.1. The van der Waals surface area contributed by atoms with Gasteiger partial charge in [0.15, 0.2) is 6.10 Å². The van der Waals surface area contributed by atoms with Gasteiger partial charge in [0.25, 0.3) is 5.91 Å². The molecule has 1 unspecified atom stereocenters. The normalized spacial score (nSPS) is 16.3. The zero-order valence-electron chi connectivity index (χ0n) is 13.8. The second kappa shape index (κ2) is 6.74.